The van der Waals surface area contributed by atoms with Gasteiger partial charge in [0.25, 0.3) is 0 Å². The first kappa shape index (κ1) is 11.8. The highest BCUT2D eigenvalue weighted by atomic mass is 35.5. The fraction of sp³-hybridized carbons (Fsp3) is 0.250. The van der Waals surface area contributed by atoms with E-state index in [9.17, 15) is 0 Å². The third-order valence-corrected chi connectivity index (χ3v) is 2.81. The summed E-state index contributed by atoms with van der Waals surface area (Å²) in [5, 5.41) is 1.90. The average Bonchev–Trinajstić information content (AvgIpc) is 2.36. The van der Waals surface area contributed by atoms with Crippen LogP contribution in [-0.2, 0) is 0 Å². The molecule has 90 valence electrons. The van der Waals surface area contributed by atoms with E-state index in [1.807, 2.05) is 6.07 Å². The highest BCUT2D eigenvalue weighted by Crippen LogP contribution is 2.43. The molecule has 0 aliphatic rings. The van der Waals surface area contributed by atoms with Gasteiger partial charge in [-0.1, -0.05) is 11.6 Å². The zero-order valence-electron chi connectivity index (χ0n) is 9.78. The maximum atomic E-state index is 6.08. The van der Waals surface area contributed by atoms with Gasteiger partial charge in [-0.2, -0.15) is 0 Å². The van der Waals surface area contributed by atoms with Crippen molar-refractivity contribution in [3.05, 3.63) is 23.5 Å². The van der Waals surface area contributed by atoms with Crippen LogP contribution in [0.4, 0.5) is 0 Å². The maximum absolute atomic E-state index is 6.08. The minimum Gasteiger partial charge on any atom is -0.496 e. The summed E-state index contributed by atoms with van der Waals surface area (Å²) < 4.78 is 15.9. The Morgan fingerprint density at radius 1 is 1.06 bits per heavy atom. The maximum Gasteiger partial charge on any atom is 0.168 e. The zero-order chi connectivity index (χ0) is 12.4. The average molecular weight is 254 g/mol. The van der Waals surface area contributed by atoms with Gasteiger partial charge in [0, 0.05) is 17.6 Å². The normalized spacial score (nSPS) is 10.4. The molecule has 0 amide bonds. The molecule has 2 aromatic rings. The number of methoxy groups -OCH3 is 3. The van der Waals surface area contributed by atoms with Gasteiger partial charge < -0.3 is 14.2 Å². The lowest BCUT2D eigenvalue weighted by atomic mass is 10.1. The van der Waals surface area contributed by atoms with Crippen LogP contribution < -0.4 is 14.2 Å². The van der Waals surface area contributed by atoms with Crippen molar-refractivity contribution >= 4 is 22.4 Å². The molecule has 0 saturated heterocycles. The largest absolute Gasteiger partial charge is 0.496 e. The lowest BCUT2D eigenvalue weighted by Crippen LogP contribution is -1.95. The quantitative estimate of drug-likeness (QED) is 0.789. The van der Waals surface area contributed by atoms with Crippen molar-refractivity contribution in [3.63, 3.8) is 0 Å². The van der Waals surface area contributed by atoms with E-state index in [0.29, 0.717) is 27.8 Å². The van der Waals surface area contributed by atoms with E-state index in [1.165, 1.54) is 0 Å². The Labute approximate surface area is 104 Å². The fourth-order valence-electron chi connectivity index (χ4n) is 1.77. The van der Waals surface area contributed by atoms with E-state index in [2.05, 4.69) is 4.98 Å². The van der Waals surface area contributed by atoms with E-state index in [1.54, 1.807) is 33.6 Å². The van der Waals surface area contributed by atoms with Crippen molar-refractivity contribution < 1.29 is 14.2 Å². The molecule has 1 aromatic carbocycles. The molecule has 0 unspecified atom stereocenters. The molecule has 0 spiro atoms. The van der Waals surface area contributed by atoms with Crippen LogP contribution in [-0.4, -0.2) is 26.3 Å². The third-order valence-electron chi connectivity index (χ3n) is 2.53. The Morgan fingerprint density at radius 3 is 2.35 bits per heavy atom. The predicted molar refractivity (Wildman–Crippen MR) is 66.4 cm³/mol. The molecule has 0 saturated carbocycles. The fourth-order valence-corrected chi connectivity index (χ4v) is 2.02. The van der Waals surface area contributed by atoms with Gasteiger partial charge in [0.2, 0.25) is 0 Å². The molecule has 5 heteroatoms. The van der Waals surface area contributed by atoms with Crippen molar-refractivity contribution in [2.24, 2.45) is 0 Å². The number of fused-ring (bicyclic) bond motifs is 1. The van der Waals surface area contributed by atoms with Gasteiger partial charge >= 0.3 is 0 Å². The molecule has 0 aliphatic carbocycles. The number of aromatic nitrogens is 1. The van der Waals surface area contributed by atoms with Crippen molar-refractivity contribution in [1.82, 2.24) is 4.98 Å². The van der Waals surface area contributed by atoms with E-state index in [-0.39, 0.29) is 0 Å². The van der Waals surface area contributed by atoms with Crippen molar-refractivity contribution in [2.75, 3.05) is 21.3 Å². The summed E-state index contributed by atoms with van der Waals surface area (Å²) in [4.78, 5) is 4.04. The van der Waals surface area contributed by atoms with E-state index in [4.69, 9.17) is 25.8 Å². The molecular formula is C12H12ClNO3. The molecule has 1 heterocycles. The molecule has 0 atom stereocenters. The Morgan fingerprint density at radius 2 is 1.76 bits per heavy atom. The summed E-state index contributed by atoms with van der Waals surface area (Å²) in [6.45, 7) is 0. The summed E-state index contributed by atoms with van der Waals surface area (Å²) in [6.07, 6.45) is 1.62. The monoisotopic (exact) mass is 253 g/mol. The zero-order valence-corrected chi connectivity index (χ0v) is 10.5. The standard InChI is InChI=1S/C12H12ClNO3/c1-15-8-6-9(16-2)11(17-3)7-4-5-14-12(13)10(7)8/h4-6H,1-3H3. The summed E-state index contributed by atoms with van der Waals surface area (Å²) in [5.41, 5.74) is 0. The predicted octanol–water partition coefficient (Wildman–Crippen LogP) is 2.91. The highest BCUT2D eigenvalue weighted by Gasteiger charge is 2.16. The highest BCUT2D eigenvalue weighted by molar-refractivity contribution is 6.35. The first-order chi connectivity index (χ1) is 8.22. The number of hydrogen-bond acceptors (Lipinski definition) is 4. The second-order valence-electron chi connectivity index (χ2n) is 3.34. The summed E-state index contributed by atoms with van der Waals surface area (Å²) in [5.74, 6) is 1.82. The van der Waals surface area contributed by atoms with E-state index < -0.39 is 0 Å². The summed E-state index contributed by atoms with van der Waals surface area (Å²) >= 11 is 6.08. The number of pyridine rings is 1. The lowest BCUT2D eigenvalue weighted by molar-refractivity contribution is 0.353. The van der Waals surface area contributed by atoms with Gasteiger partial charge in [0.15, 0.2) is 11.5 Å². The number of ether oxygens (including phenoxy) is 3. The summed E-state index contributed by atoms with van der Waals surface area (Å²) in [6, 6.07) is 3.54. The van der Waals surface area contributed by atoms with Gasteiger partial charge in [-0.3, -0.25) is 0 Å². The Kier molecular flexibility index (Phi) is 3.24. The van der Waals surface area contributed by atoms with Gasteiger partial charge in [-0.05, 0) is 6.07 Å². The first-order valence-corrected chi connectivity index (χ1v) is 5.34. The molecule has 0 aliphatic heterocycles. The van der Waals surface area contributed by atoms with Crippen LogP contribution in [0.25, 0.3) is 10.8 Å². The van der Waals surface area contributed by atoms with Crippen molar-refractivity contribution in [2.45, 2.75) is 0 Å². The second kappa shape index (κ2) is 4.67. The summed E-state index contributed by atoms with van der Waals surface area (Å²) in [7, 11) is 4.73. The molecule has 0 bridgehead atoms. The van der Waals surface area contributed by atoms with Gasteiger partial charge in [-0.15, -0.1) is 0 Å². The van der Waals surface area contributed by atoms with Crippen LogP contribution in [0.5, 0.6) is 17.2 Å². The van der Waals surface area contributed by atoms with Crippen LogP contribution in [0.15, 0.2) is 18.3 Å². The topological polar surface area (TPSA) is 40.6 Å². The van der Waals surface area contributed by atoms with Crippen molar-refractivity contribution in [3.8, 4) is 17.2 Å². The molecule has 1 aromatic heterocycles. The van der Waals surface area contributed by atoms with Gasteiger partial charge in [0.1, 0.15) is 10.9 Å². The Balaban J connectivity index is 2.91. The number of hydrogen-bond donors (Lipinski definition) is 0. The molecule has 2 rings (SSSR count). The third kappa shape index (κ3) is 1.85. The molecule has 0 N–H and O–H groups in total. The molecular weight excluding hydrogens is 242 g/mol. The number of halogens is 1. The Hall–Kier alpha value is -1.68. The van der Waals surface area contributed by atoms with Crippen LogP contribution >= 0.6 is 11.6 Å². The van der Waals surface area contributed by atoms with Crippen molar-refractivity contribution in [1.29, 1.82) is 0 Å². The van der Waals surface area contributed by atoms with E-state index >= 15 is 0 Å². The van der Waals surface area contributed by atoms with Crippen LogP contribution in [0.2, 0.25) is 5.15 Å². The van der Waals surface area contributed by atoms with Crippen LogP contribution in [0.3, 0.4) is 0 Å². The van der Waals surface area contributed by atoms with E-state index in [0.717, 1.165) is 5.39 Å². The van der Waals surface area contributed by atoms with Gasteiger partial charge in [0.05, 0.1) is 26.7 Å². The SMILES string of the molecule is COc1cc(OC)c2c(Cl)nccc2c1OC. The second-order valence-corrected chi connectivity index (χ2v) is 3.70. The number of benzene rings is 1. The van der Waals surface area contributed by atoms with Gasteiger partial charge in [-0.25, -0.2) is 4.98 Å². The molecule has 4 nitrogen and oxygen atoms in total. The molecule has 0 radical (unpaired) electrons. The minimum atomic E-state index is 0.375. The lowest BCUT2D eigenvalue weighted by Gasteiger charge is -2.14. The van der Waals surface area contributed by atoms with Crippen LogP contribution in [0.1, 0.15) is 0 Å². The molecule has 0 fully saturated rings. The smallest absolute Gasteiger partial charge is 0.168 e. The minimum absolute atomic E-state index is 0.375. The van der Waals surface area contributed by atoms with Crippen LogP contribution in [0, 0.1) is 0 Å². The number of rotatable bonds is 3. The molecule has 17 heavy (non-hydrogen) atoms. The first-order valence-electron chi connectivity index (χ1n) is 4.96. The Bertz CT molecular complexity index is 557. The number of nitrogens with zero attached hydrogens (tertiary/aromatic N) is 1.